The van der Waals surface area contributed by atoms with Crippen molar-refractivity contribution in [2.45, 2.75) is 76.5 Å². The van der Waals surface area contributed by atoms with Crippen LogP contribution in [0.5, 0.6) is 5.75 Å². The van der Waals surface area contributed by atoms with Gasteiger partial charge in [-0.15, -0.1) is 11.8 Å². The first-order valence-electron chi connectivity index (χ1n) is 19.5. The number of carbonyl (C=O) groups is 1. The van der Waals surface area contributed by atoms with E-state index in [4.69, 9.17) is 28.1 Å². The SMILES string of the molecule is COCCOCOCC[C@H](C/C(=C\CO[Si](c1ccccc1)(c1ccccc1)C(C)(C)C)CC(=O)C(C)(C)CSc1ccccc1)OCc1ccc(OC)cc1. The first-order valence-corrected chi connectivity index (χ1v) is 22.4. The number of ether oxygens (including phenoxy) is 5. The first-order chi connectivity index (χ1) is 27.0. The highest BCUT2D eigenvalue weighted by atomic mass is 32.2. The van der Waals surface area contributed by atoms with Crippen molar-refractivity contribution < 1.29 is 32.9 Å². The second-order valence-electron chi connectivity index (χ2n) is 15.6. The molecule has 302 valence electrons. The number of hydrogen-bond acceptors (Lipinski definition) is 8. The van der Waals surface area contributed by atoms with Gasteiger partial charge in [-0.1, -0.05) is 137 Å². The first kappa shape index (κ1) is 45.2. The Morgan fingerprint density at radius 2 is 1.34 bits per heavy atom. The van der Waals surface area contributed by atoms with Crippen LogP contribution in [0.3, 0.4) is 0 Å². The van der Waals surface area contributed by atoms with E-state index in [1.54, 1.807) is 26.0 Å². The van der Waals surface area contributed by atoms with E-state index in [0.29, 0.717) is 58.0 Å². The van der Waals surface area contributed by atoms with E-state index in [1.165, 1.54) is 10.4 Å². The molecule has 0 saturated heterocycles. The van der Waals surface area contributed by atoms with E-state index < -0.39 is 13.7 Å². The van der Waals surface area contributed by atoms with Crippen LogP contribution in [0, 0.1) is 5.41 Å². The number of Topliss-reactive ketones (excluding diaryl/α,β-unsaturated/α-hetero) is 1. The molecule has 0 N–H and O–H groups in total. The Kier molecular flexibility index (Phi) is 18.6. The van der Waals surface area contributed by atoms with Crippen molar-refractivity contribution in [3.8, 4) is 5.75 Å². The Morgan fingerprint density at radius 3 is 1.91 bits per heavy atom. The van der Waals surface area contributed by atoms with Gasteiger partial charge in [-0.3, -0.25) is 4.79 Å². The van der Waals surface area contributed by atoms with Crippen LogP contribution in [0.4, 0.5) is 0 Å². The Balaban J connectivity index is 1.63. The third-order valence-corrected chi connectivity index (χ3v) is 16.4. The minimum absolute atomic E-state index is 0.176. The predicted molar refractivity (Wildman–Crippen MR) is 232 cm³/mol. The summed E-state index contributed by atoms with van der Waals surface area (Å²) in [6, 6.07) is 39.5. The lowest BCUT2D eigenvalue weighted by Crippen LogP contribution is -2.66. The molecule has 0 aliphatic carbocycles. The Hall–Kier alpha value is -3.54. The van der Waals surface area contributed by atoms with Crippen LogP contribution in [0.15, 0.2) is 132 Å². The number of carbonyl (C=O) groups excluding carboxylic acids is 1. The minimum atomic E-state index is -2.81. The molecule has 56 heavy (non-hydrogen) atoms. The maximum absolute atomic E-state index is 14.3. The standard InChI is InChI=1S/C47H62O7SSi/c1-46(2,3)56(43-19-13-9-14-20-43,44-21-15-10-16-22-44)54-30-27-39(34-45(48)47(4,5)36-55-42-17-11-8-12-18-42)33-41(28-29-51-37-52-32-31-49-6)53-35-38-23-25-40(50-7)26-24-38/h8-27,41H,28-37H2,1-7H3/b39-27+/t41-/m1/s1. The largest absolute Gasteiger partial charge is 0.497 e. The molecule has 4 rings (SSSR count). The third-order valence-electron chi connectivity index (χ3n) is 9.89. The third kappa shape index (κ3) is 13.8. The number of methoxy groups -OCH3 is 2. The van der Waals surface area contributed by atoms with Crippen molar-refractivity contribution >= 4 is 36.2 Å². The summed E-state index contributed by atoms with van der Waals surface area (Å²) < 4.78 is 35.8. The zero-order chi connectivity index (χ0) is 40.3. The summed E-state index contributed by atoms with van der Waals surface area (Å²) in [5.74, 6) is 1.66. The summed E-state index contributed by atoms with van der Waals surface area (Å²) >= 11 is 1.72. The van der Waals surface area contributed by atoms with Crippen molar-refractivity contribution in [2.75, 3.05) is 53.2 Å². The molecule has 0 aliphatic rings. The van der Waals surface area contributed by atoms with Crippen LogP contribution in [-0.2, 0) is 34.8 Å². The summed E-state index contributed by atoms with van der Waals surface area (Å²) in [7, 11) is 0.501. The van der Waals surface area contributed by atoms with Gasteiger partial charge in [-0.25, -0.2) is 0 Å². The van der Waals surface area contributed by atoms with Crippen molar-refractivity contribution in [3.63, 3.8) is 0 Å². The molecule has 0 spiro atoms. The maximum Gasteiger partial charge on any atom is 0.261 e. The fourth-order valence-corrected chi connectivity index (χ4v) is 12.1. The highest BCUT2D eigenvalue weighted by molar-refractivity contribution is 7.99. The van der Waals surface area contributed by atoms with Crippen LogP contribution in [0.25, 0.3) is 0 Å². The fraction of sp³-hybridized carbons (Fsp3) is 0.426. The van der Waals surface area contributed by atoms with Gasteiger partial charge in [0.15, 0.2) is 0 Å². The van der Waals surface area contributed by atoms with E-state index in [1.807, 2.05) is 42.5 Å². The van der Waals surface area contributed by atoms with Gasteiger partial charge in [0.1, 0.15) is 18.3 Å². The summed E-state index contributed by atoms with van der Waals surface area (Å²) in [6.07, 6.45) is 3.41. The van der Waals surface area contributed by atoms with Crippen LogP contribution in [0.1, 0.15) is 59.4 Å². The van der Waals surface area contributed by atoms with Gasteiger partial charge in [0, 0.05) is 29.6 Å². The van der Waals surface area contributed by atoms with Gasteiger partial charge < -0.3 is 28.1 Å². The molecule has 0 aromatic heterocycles. The molecule has 0 heterocycles. The predicted octanol–water partition coefficient (Wildman–Crippen LogP) is 9.28. The zero-order valence-corrected chi connectivity index (χ0v) is 36.3. The van der Waals surface area contributed by atoms with Crippen molar-refractivity contribution in [1.82, 2.24) is 0 Å². The molecule has 1 atom stereocenters. The molecule has 0 bridgehead atoms. The molecular weight excluding hydrogens is 737 g/mol. The number of hydrogen-bond donors (Lipinski definition) is 0. The lowest BCUT2D eigenvalue weighted by Gasteiger charge is -2.42. The second kappa shape index (κ2) is 23.0. The number of thioether (sulfide) groups is 1. The smallest absolute Gasteiger partial charge is 0.261 e. The average molecular weight is 799 g/mol. The number of ketones is 1. The second-order valence-corrected chi connectivity index (χ2v) is 21.0. The van der Waals surface area contributed by atoms with Gasteiger partial charge in [0.05, 0.1) is 46.2 Å². The van der Waals surface area contributed by atoms with Gasteiger partial charge in [-0.2, -0.15) is 0 Å². The molecule has 7 nitrogen and oxygen atoms in total. The maximum atomic E-state index is 14.3. The topological polar surface area (TPSA) is 72.5 Å². The van der Waals surface area contributed by atoms with E-state index in [-0.39, 0.29) is 23.7 Å². The van der Waals surface area contributed by atoms with Crippen molar-refractivity contribution in [1.29, 1.82) is 0 Å². The Bertz CT molecular complexity index is 1690. The molecule has 0 aliphatic heterocycles. The molecule has 4 aromatic rings. The fourth-order valence-electron chi connectivity index (χ4n) is 6.59. The summed E-state index contributed by atoms with van der Waals surface area (Å²) in [5, 5.41) is 2.26. The summed E-state index contributed by atoms with van der Waals surface area (Å²) in [5.41, 5.74) is 1.48. The van der Waals surface area contributed by atoms with Gasteiger partial charge in [-0.05, 0) is 58.1 Å². The minimum Gasteiger partial charge on any atom is -0.497 e. The molecule has 0 amide bonds. The van der Waals surface area contributed by atoms with Gasteiger partial charge in [0.2, 0.25) is 0 Å². The van der Waals surface area contributed by atoms with Crippen LogP contribution >= 0.6 is 11.8 Å². The lowest BCUT2D eigenvalue weighted by atomic mass is 9.85. The summed E-state index contributed by atoms with van der Waals surface area (Å²) in [4.78, 5) is 15.4. The van der Waals surface area contributed by atoms with E-state index in [2.05, 4.69) is 113 Å². The van der Waals surface area contributed by atoms with Gasteiger partial charge >= 0.3 is 0 Å². The van der Waals surface area contributed by atoms with Crippen molar-refractivity contribution in [3.05, 3.63) is 132 Å². The molecule has 0 saturated carbocycles. The van der Waals surface area contributed by atoms with Crippen LogP contribution in [0.2, 0.25) is 5.04 Å². The zero-order valence-electron chi connectivity index (χ0n) is 34.5. The van der Waals surface area contributed by atoms with Crippen molar-refractivity contribution in [2.24, 2.45) is 5.41 Å². The monoisotopic (exact) mass is 798 g/mol. The molecule has 9 heteroatoms. The normalized spacial score (nSPS) is 13.1. The van der Waals surface area contributed by atoms with Crippen LogP contribution in [-0.4, -0.2) is 73.4 Å². The highest BCUT2D eigenvalue weighted by Crippen LogP contribution is 2.37. The lowest BCUT2D eigenvalue weighted by molar-refractivity contribution is -0.125. The molecular formula is C47H62O7SSi. The van der Waals surface area contributed by atoms with E-state index in [0.717, 1.165) is 21.8 Å². The quantitative estimate of drug-likeness (QED) is 0.0216. The molecule has 0 fully saturated rings. The molecule has 4 aromatic carbocycles. The highest BCUT2D eigenvalue weighted by Gasteiger charge is 2.50. The Labute approximate surface area is 341 Å². The van der Waals surface area contributed by atoms with E-state index in [9.17, 15) is 4.79 Å². The number of rotatable bonds is 25. The van der Waals surface area contributed by atoms with Gasteiger partial charge in [0.25, 0.3) is 8.32 Å². The summed E-state index contributed by atoms with van der Waals surface area (Å²) in [6.45, 7) is 13.3. The average Bonchev–Trinajstić information content (AvgIpc) is 3.21. The van der Waals surface area contributed by atoms with E-state index >= 15 is 0 Å². The number of benzene rings is 4. The molecule has 0 unspecified atom stereocenters. The van der Waals surface area contributed by atoms with Crippen LogP contribution < -0.4 is 15.1 Å². The molecule has 0 radical (unpaired) electrons. The Morgan fingerprint density at radius 1 is 0.750 bits per heavy atom.